The lowest BCUT2D eigenvalue weighted by Gasteiger charge is -2.14. The molecule has 4 rings (SSSR count). The van der Waals surface area contributed by atoms with Crippen LogP contribution >= 0.6 is 0 Å². The van der Waals surface area contributed by atoms with E-state index in [0.29, 0.717) is 11.0 Å². The van der Waals surface area contributed by atoms with Crippen molar-refractivity contribution in [3.8, 4) is 0 Å². The first-order chi connectivity index (χ1) is 15.0. The molecule has 0 radical (unpaired) electrons. The number of nitro benzene ring substituents is 1. The second kappa shape index (κ2) is 8.19. The number of imidazole rings is 1. The van der Waals surface area contributed by atoms with E-state index in [4.69, 9.17) is 0 Å². The zero-order valence-electron chi connectivity index (χ0n) is 16.6. The molecule has 1 aromatic heterocycles. The van der Waals surface area contributed by atoms with Crippen molar-refractivity contribution in [1.29, 1.82) is 0 Å². The summed E-state index contributed by atoms with van der Waals surface area (Å²) in [6, 6.07) is 21.3. The molecule has 0 aliphatic heterocycles. The van der Waals surface area contributed by atoms with Gasteiger partial charge in [-0.1, -0.05) is 42.5 Å². The van der Waals surface area contributed by atoms with Crippen LogP contribution in [0, 0.1) is 10.1 Å². The summed E-state index contributed by atoms with van der Waals surface area (Å²) in [6.45, 7) is 1.85. The number of hydrogen-bond acceptors (Lipinski definition) is 5. The molecular weight excluding hydrogens is 396 g/mol. The van der Waals surface area contributed by atoms with Crippen molar-refractivity contribution in [1.82, 2.24) is 14.9 Å². The fraction of sp³-hybridized carbons (Fsp3) is 0.0870. The first-order valence-electron chi connectivity index (χ1n) is 9.58. The Kier molecular flexibility index (Phi) is 5.28. The highest BCUT2D eigenvalue weighted by Gasteiger charge is 2.24. The minimum Gasteiger partial charge on any atom is -0.343 e. The predicted molar refractivity (Wildman–Crippen MR) is 115 cm³/mol. The van der Waals surface area contributed by atoms with Crippen LogP contribution in [-0.2, 0) is 0 Å². The van der Waals surface area contributed by atoms with E-state index >= 15 is 0 Å². The fourth-order valence-corrected chi connectivity index (χ4v) is 3.32. The van der Waals surface area contributed by atoms with Crippen molar-refractivity contribution < 1.29 is 14.5 Å². The van der Waals surface area contributed by atoms with Gasteiger partial charge in [-0.05, 0) is 36.8 Å². The Morgan fingerprint density at radius 1 is 0.968 bits per heavy atom. The Bertz CT molecular complexity index is 1280. The number of nitrogens with zero attached hydrogens (tertiary/aromatic N) is 3. The molecule has 0 aliphatic carbocycles. The van der Waals surface area contributed by atoms with E-state index < -0.39 is 16.7 Å². The molecule has 0 saturated carbocycles. The summed E-state index contributed by atoms with van der Waals surface area (Å²) in [5.41, 5.74) is 1.97. The van der Waals surface area contributed by atoms with Crippen molar-refractivity contribution in [2.24, 2.45) is 0 Å². The van der Waals surface area contributed by atoms with E-state index in [1.807, 2.05) is 37.3 Å². The van der Waals surface area contributed by atoms with Gasteiger partial charge in [0.1, 0.15) is 0 Å². The summed E-state index contributed by atoms with van der Waals surface area (Å²) < 4.78 is 1.24. The van der Waals surface area contributed by atoms with Crippen molar-refractivity contribution >= 4 is 28.5 Å². The molecule has 1 N–H and O–H groups in total. The normalized spacial score (nSPS) is 11.8. The molecule has 8 nitrogen and oxygen atoms in total. The van der Waals surface area contributed by atoms with E-state index in [-0.39, 0.29) is 23.1 Å². The van der Waals surface area contributed by atoms with Gasteiger partial charge in [0.05, 0.1) is 22.0 Å². The Labute approximate surface area is 177 Å². The first-order valence-corrected chi connectivity index (χ1v) is 9.58. The molecule has 0 fully saturated rings. The third kappa shape index (κ3) is 3.91. The lowest BCUT2D eigenvalue weighted by molar-refractivity contribution is -0.384. The number of carbonyl (C=O) groups excluding carboxylic acids is 2. The van der Waals surface area contributed by atoms with Crippen LogP contribution in [0.3, 0.4) is 0 Å². The summed E-state index contributed by atoms with van der Waals surface area (Å²) in [5, 5.41) is 13.8. The summed E-state index contributed by atoms with van der Waals surface area (Å²) >= 11 is 0. The number of non-ortho nitro benzene ring substituents is 1. The minimum atomic E-state index is -0.537. The molecule has 4 aromatic rings. The summed E-state index contributed by atoms with van der Waals surface area (Å²) in [7, 11) is 0. The van der Waals surface area contributed by atoms with Crippen LogP contribution in [0.5, 0.6) is 0 Å². The lowest BCUT2D eigenvalue weighted by atomic mass is 10.1. The maximum Gasteiger partial charge on any atom is 0.288 e. The fourth-order valence-electron chi connectivity index (χ4n) is 3.32. The molecule has 1 atom stereocenters. The third-order valence-electron chi connectivity index (χ3n) is 4.94. The second-order valence-corrected chi connectivity index (χ2v) is 6.97. The maximum absolute atomic E-state index is 13.3. The minimum absolute atomic E-state index is 0.0488. The van der Waals surface area contributed by atoms with Gasteiger partial charge in [-0.2, -0.15) is 0 Å². The van der Waals surface area contributed by atoms with Gasteiger partial charge in [0.15, 0.2) is 0 Å². The van der Waals surface area contributed by atoms with E-state index in [1.165, 1.54) is 28.8 Å². The van der Waals surface area contributed by atoms with Crippen molar-refractivity contribution in [2.75, 3.05) is 0 Å². The van der Waals surface area contributed by atoms with Gasteiger partial charge < -0.3 is 5.32 Å². The highest BCUT2D eigenvalue weighted by atomic mass is 16.6. The molecule has 8 heteroatoms. The van der Waals surface area contributed by atoms with Gasteiger partial charge in [0, 0.05) is 17.7 Å². The average molecular weight is 414 g/mol. The molecule has 1 heterocycles. The standard InChI is InChI=1S/C23H18N4O4/c1-15(16-7-3-2-4-8-16)24-22(28)21-25-19-9-5-6-10-20(19)26(21)23(29)17-11-13-18(14-12-17)27(30)31/h2-15H,1H3,(H,24,28). The molecule has 1 unspecified atom stereocenters. The summed E-state index contributed by atoms with van der Waals surface area (Å²) in [6.07, 6.45) is 0. The Morgan fingerprint density at radius 2 is 1.61 bits per heavy atom. The number of nitro groups is 1. The van der Waals surface area contributed by atoms with Gasteiger partial charge >= 0.3 is 0 Å². The van der Waals surface area contributed by atoms with Crippen LogP contribution in [0.25, 0.3) is 11.0 Å². The van der Waals surface area contributed by atoms with Gasteiger partial charge in [0.25, 0.3) is 17.5 Å². The van der Waals surface area contributed by atoms with Crippen molar-refractivity contribution in [3.63, 3.8) is 0 Å². The molecule has 0 aliphatic rings. The second-order valence-electron chi connectivity index (χ2n) is 6.97. The topological polar surface area (TPSA) is 107 Å². The van der Waals surface area contributed by atoms with Crippen LogP contribution in [0.1, 0.15) is 39.5 Å². The molecule has 0 saturated heterocycles. The smallest absolute Gasteiger partial charge is 0.288 e. The first kappa shape index (κ1) is 20.0. The zero-order valence-corrected chi connectivity index (χ0v) is 16.6. The maximum atomic E-state index is 13.3. The number of hydrogen-bond donors (Lipinski definition) is 1. The molecule has 1 amide bonds. The predicted octanol–water partition coefficient (Wildman–Crippen LogP) is 4.12. The SMILES string of the molecule is CC(NC(=O)c1nc2ccccc2n1C(=O)c1ccc([N+](=O)[O-])cc1)c1ccccc1. The van der Waals surface area contributed by atoms with Crippen LogP contribution in [0.15, 0.2) is 78.9 Å². The zero-order chi connectivity index (χ0) is 22.0. The van der Waals surface area contributed by atoms with Gasteiger partial charge in [-0.25, -0.2) is 4.98 Å². The van der Waals surface area contributed by atoms with E-state index in [2.05, 4.69) is 10.3 Å². The van der Waals surface area contributed by atoms with Crippen LogP contribution in [0.4, 0.5) is 5.69 Å². The number of carbonyl (C=O) groups is 2. The molecule has 31 heavy (non-hydrogen) atoms. The Morgan fingerprint density at radius 3 is 2.29 bits per heavy atom. The molecule has 154 valence electrons. The van der Waals surface area contributed by atoms with Crippen LogP contribution < -0.4 is 5.32 Å². The van der Waals surface area contributed by atoms with Crippen molar-refractivity contribution in [3.05, 3.63) is 106 Å². The molecular formula is C23H18N4O4. The number of rotatable bonds is 5. The van der Waals surface area contributed by atoms with Gasteiger partial charge in [-0.15, -0.1) is 0 Å². The van der Waals surface area contributed by atoms with E-state index in [1.54, 1.807) is 24.3 Å². The largest absolute Gasteiger partial charge is 0.343 e. The number of fused-ring (bicyclic) bond motifs is 1. The highest BCUT2D eigenvalue weighted by Crippen LogP contribution is 2.21. The van der Waals surface area contributed by atoms with Crippen LogP contribution in [0.2, 0.25) is 0 Å². The lowest BCUT2D eigenvalue weighted by Crippen LogP contribution is -2.31. The number of aromatic nitrogens is 2. The number of para-hydroxylation sites is 2. The molecule has 0 bridgehead atoms. The number of benzene rings is 3. The number of amides is 1. The van der Waals surface area contributed by atoms with Crippen molar-refractivity contribution in [2.45, 2.75) is 13.0 Å². The summed E-state index contributed by atoms with van der Waals surface area (Å²) in [5.74, 6) is -1.05. The van der Waals surface area contributed by atoms with Gasteiger partial charge in [0.2, 0.25) is 5.82 Å². The Balaban J connectivity index is 1.72. The monoisotopic (exact) mass is 414 g/mol. The number of nitrogens with one attached hydrogen (secondary N) is 1. The Hall–Kier alpha value is -4.33. The quantitative estimate of drug-likeness (QED) is 0.390. The third-order valence-corrected chi connectivity index (χ3v) is 4.94. The highest BCUT2D eigenvalue weighted by molar-refractivity contribution is 6.07. The molecule has 3 aromatic carbocycles. The summed E-state index contributed by atoms with van der Waals surface area (Å²) in [4.78, 5) is 41.1. The molecule has 0 spiro atoms. The van der Waals surface area contributed by atoms with E-state index in [0.717, 1.165) is 5.56 Å². The van der Waals surface area contributed by atoms with Crippen LogP contribution in [-0.4, -0.2) is 26.3 Å². The van der Waals surface area contributed by atoms with Gasteiger partial charge in [-0.3, -0.25) is 24.3 Å². The average Bonchev–Trinajstić information content (AvgIpc) is 3.19. The van der Waals surface area contributed by atoms with E-state index in [9.17, 15) is 19.7 Å².